The van der Waals surface area contributed by atoms with Crippen LogP contribution in [-0.4, -0.2) is 11.6 Å². The molecule has 1 heterocycles. The predicted octanol–water partition coefficient (Wildman–Crippen LogP) is 3.74. The molecule has 0 saturated carbocycles. The van der Waals surface area contributed by atoms with E-state index in [0.717, 1.165) is 16.3 Å². The van der Waals surface area contributed by atoms with Crippen molar-refractivity contribution in [3.63, 3.8) is 0 Å². The molecule has 19 heavy (non-hydrogen) atoms. The number of halogens is 1. The van der Waals surface area contributed by atoms with Gasteiger partial charge < -0.3 is 10.5 Å². The first-order chi connectivity index (χ1) is 9.19. The van der Waals surface area contributed by atoms with Gasteiger partial charge in [0.15, 0.2) is 0 Å². The van der Waals surface area contributed by atoms with Crippen molar-refractivity contribution in [2.45, 2.75) is 23.3 Å². The largest absolute Gasteiger partial charge is 0.476 e. The lowest BCUT2D eigenvalue weighted by molar-refractivity contribution is 0.305. The van der Waals surface area contributed by atoms with Crippen molar-refractivity contribution in [1.29, 1.82) is 0 Å². The molecule has 0 aliphatic carbocycles. The molecule has 5 heteroatoms. The number of nitrogens with zero attached hydrogens (tertiary/aromatic N) is 1. The van der Waals surface area contributed by atoms with E-state index < -0.39 is 0 Å². The van der Waals surface area contributed by atoms with Gasteiger partial charge in [0.1, 0.15) is 10.8 Å². The van der Waals surface area contributed by atoms with E-state index in [1.807, 2.05) is 13.0 Å². The highest BCUT2D eigenvalue weighted by Crippen LogP contribution is 2.30. The lowest BCUT2D eigenvalue weighted by Gasteiger charge is -2.08. The lowest BCUT2D eigenvalue weighted by Crippen LogP contribution is -2.01. The van der Waals surface area contributed by atoms with Crippen molar-refractivity contribution in [1.82, 2.24) is 4.98 Å². The zero-order chi connectivity index (χ0) is 13.7. The Bertz CT molecular complexity index is 563. The molecule has 2 rings (SSSR count). The van der Waals surface area contributed by atoms with Crippen molar-refractivity contribution in [2.75, 3.05) is 12.3 Å². The van der Waals surface area contributed by atoms with Crippen LogP contribution in [0.2, 0.25) is 0 Å². The van der Waals surface area contributed by atoms with Crippen LogP contribution in [0.15, 0.2) is 46.3 Å². The predicted molar refractivity (Wildman–Crippen MR) is 75.0 cm³/mol. The minimum atomic E-state index is -0.261. The third kappa shape index (κ3) is 3.86. The van der Waals surface area contributed by atoms with Crippen LogP contribution in [-0.2, 0) is 0 Å². The molecular weight excluding hydrogens is 263 g/mol. The summed E-state index contributed by atoms with van der Waals surface area (Å²) < 4.78 is 18.6. The standard InChI is InChI=1S/C14H15FN2OS/c1-2-8-18-14-12(16)6-7-13(17-14)19-11-5-3-4-10(15)9-11/h3-7,9H,2,8,16H2,1H3. The summed E-state index contributed by atoms with van der Waals surface area (Å²) in [5, 5.41) is 0.728. The van der Waals surface area contributed by atoms with Gasteiger partial charge in [-0.05, 0) is 36.8 Å². The van der Waals surface area contributed by atoms with E-state index in [4.69, 9.17) is 10.5 Å². The number of benzene rings is 1. The second kappa shape index (κ2) is 6.43. The molecule has 1 aromatic heterocycles. The second-order valence-electron chi connectivity index (χ2n) is 3.95. The van der Waals surface area contributed by atoms with E-state index >= 15 is 0 Å². The van der Waals surface area contributed by atoms with Crippen LogP contribution in [0.4, 0.5) is 10.1 Å². The highest BCUT2D eigenvalue weighted by atomic mass is 32.2. The third-order valence-electron chi connectivity index (χ3n) is 2.33. The maximum absolute atomic E-state index is 13.1. The van der Waals surface area contributed by atoms with Crippen LogP contribution in [0.3, 0.4) is 0 Å². The van der Waals surface area contributed by atoms with Crippen molar-refractivity contribution in [2.24, 2.45) is 0 Å². The average Bonchev–Trinajstić information content (AvgIpc) is 2.39. The molecule has 0 radical (unpaired) electrons. The first-order valence-corrected chi connectivity index (χ1v) is 6.83. The molecule has 3 nitrogen and oxygen atoms in total. The lowest BCUT2D eigenvalue weighted by atomic mass is 10.4. The van der Waals surface area contributed by atoms with Gasteiger partial charge in [0.2, 0.25) is 5.88 Å². The normalized spacial score (nSPS) is 10.4. The number of ether oxygens (including phenoxy) is 1. The fourth-order valence-electron chi connectivity index (χ4n) is 1.46. The SMILES string of the molecule is CCCOc1nc(Sc2cccc(F)c2)ccc1N. The molecule has 2 N–H and O–H groups in total. The zero-order valence-corrected chi connectivity index (χ0v) is 11.4. The van der Waals surface area contributed by atoms with Crippen LogP contribution in [0.25, 0.3) is 0 Å². The number of hydrogen-bond acceptors (Lipinski definition) is 4. The Morgan fingerprint density at radius 3 is 2.89 bits per heavy atom. The van der Waals surface area contributed by atoms with E-state index in [0.29, 0.717) is 18.2 Å². The van der Waals surface area contributed by atoms with Gasteiger partial charge in [0.25, 0.3) is 0 Å². The summed E-state index contributed by atoms with van der Waals surface area (Å²) in [6, 6.07) is 9.93. The first-order valence-electron chi connectivity index (χ1n) is 6.02. The monoisotopic (exact) mass is 278 g/mol. The molecular formula is C14H15FN2OS. The number of nitrogens with two attached hydrogens (primary N) is 1. The van der Waals surface area contributed by atoms with Gasteiger partial charge in [-0.3, -0.25) is 0 Å². The second-order valence-corrected chi connectivity index (χ2v) is 5.05. The molecule has 0 unspecified atom stereocenters. The molecule has 0 aliphatic rings. The van der Waals surface area contributed by atoms with Crippen molar-refractivity contribution < 1.29 is 9.13 Å². The highest BCUT2D eigenvalue weighted by molar-refractivity contribution is 7.99. The van der Waals surface area contributed by atoms with E-state index in [1.54, 1.807) is 18.2 Å². The Morgan fingerprint density at radius 1 is 1.32 bits per heavy atom. The fourth-order valence-corrected chi connectivity index (χ4v) is 2.28. The van der Waals surface area contributed by atoms with Gasteiger partial charge in [-0.25, -0.2) is 9.37 Å². The molecule has 0 saturated heterocycles. The summed E-state index contributed by atoms with van der Waals surface area (Å²) in [6.45, 7) is 2.59. The maximum atomic E-state index is 13.1. The summed E-state index contributed by atoms with van der Waals surface area (Å²) in [6.07, 6.45) is 0.891. The molecule has 0 bridgehead atoms. The molecule has 0 atom stereocenters. The number of anilines is 1. The van der Waals surface area contributed by atoms with E-state index in [2.05, 4.69) is 4.98 Å². The van der Waals surface area contributed by atoms with Crippen LogP contribution < -0.4 is 10.5 Å². The highest BCUT2D eigenvalue weighted by Gasteiger charge is 2.06. The van der Waals surface area contributed by atoms with Crippen LogP contribution in [0.1, 0.15) is 13.3 Å². The quantitative estimate of drug-likeness (QED) is 0.905. The van der Waals surface area contributed by atoms with Gasteiger partial charge in [0.05, 0.1) is 12.3 Å². The summed E-state index contributed by atoms with van der Waals surface area (Å²) in [5.41, 5.74) is 6.30. The summed E-state index contributed by atoms with van der Waals surface area (Å²) in [4.78, 5) is 5.12. The van der Waals surface area contributed by atoms with Crippen molar-refractivity contribution in [3.8, 4) is 5.88 Å². The van der Waals surface area contributed by atoms with E-state index in [9.17, 15) is 4.39 Å². The molecule has 0 fully saturated rings. The first kappa shape index (κ1) is 13.7. The van der Waals surface area contributed by atoms with Gasteiger partial charge in [-0.2, -0.15) is 0 Å². The smallest absolute Gasteiger partial charge is 0.238 e. The number of pyridine rings is 1. The fraction of sp³-hybridized carbons (Fsp3) is 0.214. The third-order valence-corrected chi connectivity index (χ3v) is 3.25. The number of nitrogen functional groups attached to an aromatic ring is 1. The van der Waals surface area contributed by atoms with Gasteiger partial charge in [0, 0.05) is 4.90 Å². The number of aromatic nitrogens is 1. The van der Waals surface area contributed by atoms with Crippen LogP contribution in [0, 0.1) is 5.82 Å². The topological polar surface area (TPSA) is 48.1 Å². The molecule has 100 valence electrons. The Morgan fingerprint density at radius 2 is 2.16 bits per heavy atom. The molecule has 0 spiro atoms. The average molecular weight is 278 g/mol. The summed E-state index contributed by atoms with van der Waals surface area (Å²) in [5.74, 6) is 0.172. The van der Waals surface area contributed by atoms with Gasteiger partial charge >= 0.3 is 0 Å². The molecule has 0 amide bonds. The van der Waals surface area contributed by atoms with Crippen molar-refractivity contribution >= 4 is 17.4 Å². The maximum Gasteiger partial charge on any atom is 0.238 e. The number of rotatable bonds is 5. The van der Waals surface area contributed by atoms with Crippen LogP contribution in [0.5, 0.6) is 5.88 Å². The number of hydrogen-bond donors (Lipinski definition) is 1. The minimum absolute atomic E-state index is 0.261. The van der Waals surface area contributed by atoms with E-state index in [-0.39, 0.29) is 5.82 Å². The molecule has 2 aromatic rings. The Kier molecular flexibility index (Phi) is 4.63. The molecule has 0 aliphatic heterocycles. The molecule has 1 aromatic carbocycles. The van der Waals surface area contributed by atoms with E-state index in [1.165, 1.54) is 23.9 Å². The summed E-state index contributed by atoms with van der Waals surface area (Å²) in [7, 11) is 0. The van der Waals surface area contributed by atoms with Crippen molar-refractivity contribution in [3.05, 3.63) is 42.2 Å². The van der Waals surface area contributed by atoms with Gasteiger partial charge in [-0.15, -0.1) is 0 Å². The Labute approximate surface area is 116 Å². The Hall–Kier alpha value is -1.75. The Balaban J connectivity index is 2.16. The van der Waals surface area contributed by atoms with Crippen LogP contribution >= 0.6 is 11.8 Å². The minimum Gasteiger partial charge on any atom is -0.476 e. The zero-order valence-electron chi connectivity index (χ0n) is 10.6. The summed E-state index contributed by atoms with van der Waals surface area (Å²) >= 11 is 1.37. The van der Waals surface area contributed by atoms with Gasteiger partial charge in [-0.1, -0.05) is 24.8 Å².